The minimum Gasteiger partial charge on any atom is -0.448 e. The molecule has 1 saturated heterocycles. The SMILES string of the molecule is CC[C@@H](CNC(=O)CCN1CCOC1=O)c1ccccc1. The molecule has 21 heavy (non-hydrogen) atoms. The van der Waals surface area contributed by atoms with Crippen LogP contribution in [0.3, 0.4) is 0 Å². The second-order valence-corrected chi connectivity index (χ2v) is 5.17. The van der Waals surface area contributed by atoms with Gasteiger partial charge in [-0.05, 0) is 12.0 Å². The van der Waals surface area contributed by atoms with Crippen LogP contribution in [0.15, 0.2) is 30.3 Å². The number of rotatable bonds is 7. The average molecular weight is 290 g/mol. The fourth-order valence-electron chi connectivity index (χ4n) is 2.41. The van der Waals surface area contributed by atoms with Crippen LogP contribution >= 0.6 is 0 Å². The molecule has 0 aromatic heterocycles. The summed E-state index contributed by atoms with van der Waals surface area (Å²) in [6.07, 6.45) is 0.974. The molecular weight excluding hydrogens is 268 g/mol. The smallest absolute Gasteiger partial charge is 0.409 e. The molecule has 2 rings (SSSR count). The molecule has 5 heteroatoms. The maximum absolute atomic E-state index is 11.9. The van der Waals surface area contributed by atoms with Gasteiger partial charge in [0.2, 0.25) is 5.91 Å². The van der Waals surface area contributed by atoms with Gasteiger partial charge in [-0.2, -0.15) is 0 Å². The van der Waals surface area contributed by atoms with Gasteiger partial charge in [-0.3, -0.25) is 4.79 Å². The van der Waals surface area contributed by atoms with Crippen LogP contribution in [0.25, 0.3) is 0 Å². The lowest BCUT2D eigenvalue weighted by molar-refractivity contribution is -0.121. The van der Waals surface area contributed by atoms with Gasteiger partial charge in [0.1, 0.15) is 6.61 Å². The molecule has 1 fully saturated rings. The Morgan fingerprint density at radius 1 is 1.38 bits per heavy atom. The van der Waals surface area contributed by atoms with Gasteiger partial charge in [0, 0.05) is 25.4 Å². The summed E-state index contributed by atoms with van der Waals surface area (Å²) >= 11 is 0. The van der Waals surface area contributed by atoms with Crippen LogP contribution in [-0.4, -0.2) is 43.1 Å². The molecule has 0 spiro atoms. The van der Waals surface area contributed by atoms with E-state index in [9.17, 15) is 9.59 Å². The molecule has 1 aromatic carbocycles. The van der Waals surface area contributed by atoms with Crippen molar-refractivity contribution in [2.45, 2.75) is 25.7 Å². The molecule has 1 atom stereocenters. The summed E-state index contributed by atoms with van der Waals surface area (Å²) < 4.78 is 4.83. The van der Waals surface area contributed by atoms with Gasteiger partial charge in [-0.15, -0.1) is 0 Å². The monoisotopic (exact) mass is 290 g/mol. The van der Waals surface area contributed by atoms with Crippen molar-refractivity contribution in [2.24, 2.45) is 0 Å². The summed E-state index contributed by atoms with van der Waals surface area (Å²) in [6, 6.07) is 10.2. The fraction of sp³-hybridized carbons (Fsp3) is 0.500. The second-order valence-electron chi connectivity index (χ2n) is 5.17. The molecule has 1 aliphatic rings. The third-order valence-electron chi connectivity index (χ3n) is 3.76. The van der Waals surface area contributed by atoms with Crippen LogP contribution < -0.4 is 5.32 Å². The molecular formula is C16H22N2O3. The highest BCUT2D eigenvalue weighted by Gasteiger charge is 2.22. The Hall–Kier alpha value is -2.04. The molecule has 0 saturated carbocycles. The molecule has 2 amide bonds. The van der Waals surface area contributed by atoms with Crippen molar-refractivity contribution in [1.82, 2.24) is 10.2 Å². The summed E-state index contributed by atoms with van der Waals surface area (Å²) in [4.78, 5) is 24.7. The molecule has 1 heterocycles. The van der Waals surface area contributed by atoms with Crippen LogP contribution in [0.5, 0.6) is 0 Å². The van der Waals surface area contributed by atoms with Crippen molar-refractivity contribution in [1.29, 1.82) is 0 Å². The Balaban J connectivity index is 1.73. The van der Waals surface area contributed by atoms with Gasteiger partial charge >= 0.3 is 6.09 Å². The quantitative estimate of drug-likeness (QED) is 0.837. The van der Waals surface area contributed by atoms with Crippen LogP contribution in [-0.2, 0) is 9.53 Å². The number of amides is 2. The summed E-state index contributed by atoms with van der Waals surface area (Å²) in [5.41, 5.74) is 1.24. The van der Waals surface area contributed by atoms with Gasteiger partial charge in [0.15, 0.2) is 0 Å². The minimum absolute atomic E-state index is 0.0240. The predicted molar refractivity (Wildman–Crippen MR) is 80.0 cm³/mol. The van der Waals surface area contributed by atoms with E-state index < -0.39 is 0 Å². The standard InChI is InChI=1S/C16H22N2O3/c1-2-13(14-6-4-3-5-7-14)12-17-15(19)8-9-18-10-11-21-16(18)20/h3-7,13H,2,8-12H2,1H3,(H,17,19)/t13-/m0/s1. The lowest BCUT2D eigenvalue weighted by atomic mass is 9.96. The van der Waals surface area contributed by atoms with E-state index in [1.54, 1.807) is 4.90 Å². The van der Waals surface area contributed by atoms with E-state index in [1.807, 2.05) is 18.2 Å². The lowest BCUT2D eigenvalue weighted by Gasteiger charge is -2.17. The number of ether oxygens (including phenoxy) is 1. The number of cyclic esters (lactones) is 1. The van der Waals surface area contributed by atoms with Crippen LogP contribution in [0.4, 0.5) is 4.79 Å². The van der Waals surface area contributed by atoms with Gasteiger partial charge in [-0.25, -0.2) is 4.79 Å². The Labute approximate surface area is 125 Å². The lowest BCUT2D eigenvalue weighted by Crippen LogP contribution is -2.33. The summed E-state index contributed by atoms with van der Waals surface area (Å²) in [6.45, 7) is 4.17. The maximum Gasteiger partial charge on any atom is 0.409 e. The average Bonchev–Trinajstić information content (AvgIpc) is 2.92. The molecule has 1 aliphatic heterocycles. The summed E-state index contributed by atoms with van der Waals surface area (Å²) in [7, 11) is 0. The van der Waals surface area contributed by atoms with Crippen molar-refractivity contribution in [3.63, 3.8) is 0 Å². The largest absolute Gasteiger partial charge is 0.448 e. The molecule has 5 nitrogen and oxygen atoms in total. The van der Waals surface area contributed by atoms with Crippen molar-refractivity contribution in [2.75, 3.05) is 26.2 Å². The predicted octanol–water partition coefficient (Wildman–Crippen LogP) is 2.14. The number of carbonyl (C=O) groups is 2. The number of nitrogens with zero attached hydrogens (tertiary/aromatic N) is 1. The summed E-state index contributed by atoms with van der Waals surface area (Å²) in [5, 5.41) is 2.95. The molecule has 0 radical (unpaired) electrons. The molecule has 0 unspecified atom stereocenters. The van der Waals surface area contributed by atoms with Crippen LogP contribution in [0, 0.1) is 0 Å². The third-order valence-corrected chi connectivity index (χ3v) is 3.76. The number of carbonyl (C=O) groups excluding carboxylic acids is 2. The number of hydrogen-bond donors (Lipinski definition) is 1. The highest BCUT2D eigenvalue weighted by Crippen LogP contribution is 2.17. The van der Waals surface area contributed by atoms with E-state index in [4.69, 9.17) is 4.74 Å². The van der Waals surface area contributed by atoms with E-state index >= 15 is 0 Å². The zero-order valence-corrected chi connectivity index (χ0v) is 12.4. The maximum atomic E-state index is 11.9. The fourth-order valence-corrected chi connectivity index (χ4v) is 2.41. The molecule has 0 bridgehead atoms. The van der Waals surface area contributed by atoms with Gasteiger partial charge < -0.3 is 15.0 Å². The number of nitrogens with one attached hydrogen (secondary N) is 1. The first kappa shape index (κ1) is 15.4. The van der Waals surface area contributed by atoms with E-state index in [2.05, 4.69) is 24.4 Å². The van der Waals surface area contributed by atoms with Gasteiger partial charge in [-0.1, -0.05) is 37.3 Å². The normalized spacial score (nSPS) is 15.7. The molecule has 0 aliphatic carbocycles. The topological polar surface area (TPSA) is 58.6 Å². The number of benzene rings is 1. The number of hydrogen-bond acceptors (Lipinski definition) is 3. The first-order chi connectivity index (χ1) is 10.2. The van der Waals surface area contributed by atoms with Gasteiger partial charge in [0.05, 0.1) is 6.54 Å². The van der Waals surface area contributed by atoms with E-state index in [-0.39, 0.29) is 12.0 Å². The summed E-state index contributed by atoms with van der Waals surface area (Å²) in [5.74, 6) is 0.302. The van der Waals surface area contributed by atoms with Gasteiger partial charge in [0.25, 0.3) is 0 Å². The van der Waals surface area contributed by atoms with Crippen molar-refractivity contribution in [3.05, 3.63) is 35.9 Å². The van der Waals surface area contributed by atoms with E-state index in [1.165, 1.54) is 5.56 Å². The molecule has 114 valence electrons. The Bertz CT molecular complexity index is 476. The zero-order valence-electron chi connectivity index (χ0n) is 12.4. The van der Waals surface area contributed by atoms with Crippen molar-refractivity contribution >= 4 is 12.0 Å². The van der Waals surface area contributed by atoms with Crippen molar-refractivity contribution in [3.8, 4) is 0 Å². The zero-order chi connectivity index (χ0) is 15.1. The second kappa shape index (κ2) is 7.67. The highest BCUT2D eigenvalue weighted by atomic mass is 16.6. The molecule has 1 aromatic rings. The third kappa shape index (κ3) is 4.48. The van der Waals surface area contributed by atoms with Crippen LogP contribution in [0.2, 0.25) is 0 Å². The Morgan fingerprint density at radius 3 is 2.76 bits per heavy atom. The minimum atomic E-state index is -0.321. The van der Waals surface area contributed by atoms with E-state index in [0.29, 0.717) is 38.6 Å². The molecule has 1 N–H and O–H groups in total. The van der Waals surface area contributed by atoms with Crippen LogP contribution in [0.1, 0.15) is 31.2 Å². The Morgan fingerprint density at radius 2 is 2.14 bits per heavy atom. The van der Waals surface area contributed by atoms with E-state index in [0.717, 1.165) is 6.42 Å². The first-order valence-electron chi connectivity index (χ1n) is 7.44. The Kier molecular flexibility index (Phi) is 5.60. The van der Waals surface area contributed by atoms with Crippen molar-refractivity contribution < 1.29 is 14.3 Å². The highest BCUT2D eigenvalue weighted by molar-refractivity contribution is 5.77. The first-order valence-corrected chi connectivity index (χ1v) is 7.44.